The van der Waals surface area contributed by atoms with Crippen LogP contribution in [0.15, 0.2) is 24.3 Å². The average Bonchev–Trinajstić information content (AvgIpc) is 2.16. The summed E-state index contributed by atoms with van der Waals surface area (Å²) in [5.41, 5.74) is 1.28. The SMILES string of the molecule is Cc1ccc2ccc(Cl)c(C(=O)O)c2n1. The van der Waals surface area contributed by atoms with Crippen molar-refractivity contribution in [1.82, 2.24) is 4.98 Å². The van der Waals surface area contributed by atoms with Crippen LogP contribution in [0.3, 0.4) is 0 Å². The Hall–Kier alpha value is -1.61. The maximum absolute atomic E-state index is 11.0. The second-order valence-electron chi connectivity index (χ2n) is 3.25. The van der Waals surface area contributed by atoms with Crippen LogP contribution >= 0.6 is 11.6 Å². The van der Waals surface area contributed by atoms with Gasteiger partial charge in [-0.1, -0.05) is 23.7 Å². The predicted molar refractivity (Wildman–Crippen MR) is 58.4 cm³/mol. The van der Waals surface area contributed by atoms with Gasteiger partial charge in [-0.05, 0) is 19.1 Å². The number of aromatic carboxylic acids is 1. The summed E-state index contributed by atoms with van der Waals surface area (Å²) in [7, 11) is 0. The first-order valence-electron chi connectivity index (χ1n) is 4.39. The molecule has 4 heteroatoms. The van der Waals surface area contributed by atoms with Crippen LogP contribution < -0.4 is 0 Å². The molecule has 2 rings (SSSR count). The van der Waals surface area contributed by atoms with E-state index in [0.717, 1.165) is 11.1 Å². The number of benzene rings is 1. The number of pyridine rings is 1. The molecule has 3 nitrogen and oxygen atoms in total. The fourth-order valence-corrected chi connectivity index (χ4v) is 1.70. The summed E-state index contributed by atoms with van der Waals surface area (Å²) in [6, 6.07) is 7.00. The van der Waals surface area contributed by atoms with Crippen molar-refractivity contribution < 1.29 is 9.90 Å². The van der Waals surface area contributed by atoms with E-state index in [1.165, 1.54) is 0 Å². The molecule has 0 saturated carbocycles. The number of hydrogen-bond acceptors (Lipinski definition) is 2. The second-order valence-corrected chi connectivity index (χ2v) is 3.66. The smallest absolute Gasteiger partial charge is 0.339 e. The summed E-state index contributed by atoms with van der Waals surface area (Å²) in [6.45, 7) is 1.81. The number of carboxylic acids is 1. The van der Waals surface area contributed by atoms with E-state index in [4.69, 9.17) is 16.7 Å². The first-order valence-corrected chi connectivity index (χ1v) is 4.76. The molecule has 0 atom stereocenters. The molecule has 0 saturated heterocycles. The van der Waals surface area contributed by atoms with Gasteiger partial charge >= 0.3 is 5.97 Å². The summed E-state index contributed by atoms with van der Waals surface area (Å²) >= 11 is 5.83. The van der Waals surface area contributed by atoms with Gasteiger partial charge in [-0.25, -0.2) is 4.79 Å². The molecule has 0 aliphatic rings. The molecule has 0 spiro atoms. The summed E-state index contributed by atoms with van der Waals surface area (Å²) in [5.74, 6) is -1.05. The number of nitrogens with zero attached hydrogens (tertiary/aromatic N) is 1. The topological polar surface area (TPSA) is 50.2 Å². The van der Waals surface area contributed by atoms with Crippen LogP contribution in [0.25, 0.3) is 10.9 Å². The van der Waals surface area contributed by atoms with Gasteiger partial charge in [0.1, 0.15) is 5.56 Å². The Morgan fingerprint density at radius 1 is 1.33 bits per heavy atom. The van der Waals surface area contributed by atoms with Crippen molar-refractivity contribution in [2.24, 2.45) is 0 Å². The summed E-state index contributed by atoms with van der Waals surface area (Å²) in [6.07, 6.45) is 0. The summed E-state index contributed by atoms with van der Waals surface area (Å²) < 4.78 is 0. The number of carboxylic acid groups (broad SMARTS) is 1. The van der Waals surface area contributed by atoms with E-state index in [1.807, 2.05) is 19.1 Å². The lowest BCUT2D eigenvalue weighted by atomic mass is 10.1. The van der Waals surface area contributed by atoms with E-state index >= 15 is 0 Å². The molecule has 0 aliphatic heterocycles. The Bertz CT molecular complexity index is 546. The lowest BCUT2D eigenvalue weighted by molar-refractivity contribution is 0.0699. The molecule has 1 aromatic carbocycles. The zero-order valence-corrected chi connectivity index (χ0v) is 8.75. The minimum absolute atomic E-state index is 0.0675. The third-order valence-corrected chi connectivity index (χ3v) is 2.48. The van der Waals surface area contributed by atoms with Gasteiger partial charge in [0.05, 0.1) is 10.5 Å². The Labute approximate surface area is 91.3 Å². The molecule has 2 aromatic rings. The number of aryl methyl sites for hydroxylation is 1. The summed E-state index contributed by atoms with van der Waals surface area (Å²) in [5, 5.41) is 10.0. The predicted octanol–water partition coefficient (Wildman–Crippen LogP) is 2.89. The van der Waals surface area contributed by atoms with Crippen LogP contribution in [0.5, 0.6) is 0 Å². The normalized spacial score (nSPS) is 10.5. The molecule has 15 heavy (non-hydrogen) atoms. The van der Waals surface area contributed by atoms with E-state index in [-0.39, 0.29) is 10.6 Å². The van der Waals surface area contributed by atoms with Crippen LogP contribution in [0.4, 0.5) is 0 Å². The lowest BCUT2D eigenvalue weighted by Crippen LogP contribution is -2.00. The van der Waals surface area contributed by atoms with E-state index < -0.39 is 5.97 Å². The van der Waals surface area contributed by atoms with E-state index in [1.54, 1.807) is 12.1 Å². The molecule has 0 bridgehead atoms. The number of aromatic nitrogens is 1. The van der Waals surface area contributed by atoms with Gasteiger partial charge in [0, 0.05) is 11.1 Å². The minimum Gasteiger partial charge on any atom is -0.478 e. The van der Waals surface area contributed by atoms with Crippen molar-refractivity contribution >= 4 is 28.5 Å². The second kappa shape index (κ2) is 3.51. The first kappa shape index (κ1) is 9.93. The molecule has 76 valence electrons. The third-order valence-electron chi connectivity index (χ3n) is 2.16. The molecule has 0 amide bonds. The van der Waals surface area contributed by atoms with Crippen molar-refractivity contribution in [3.05, 3.63) is 40.5 Å². The molecule has 0 radical (unpaired) electrons. The fourth-order valence-electron chi connectivity index (χ4n) is 1.47. The van der Waals surface area contributed by atoms with Gasteiger partial charge < -0.3 is 5.11 Å². The van der Waals surface area contributed by atoms with Crippen LogP contribution in [0, 0.1) is 6.92 Å². The van der Waals surface area contributed by atoms with Crippen LogP contribution in [0.2, 0.25) is 5.02 Å². The zero-order valence-electron chi connectivity index (χ0n) is 7.99. The number of halogens is 1. The minimum atomic E-state index is -1.05. The molecule has 0 fully saturated rings. The molecular weight excluding hydrogens is 214 g/mol. The van der Waals surface area contributed by atoms with Crippen LogP contribution in [0.1, 0.15) is 16.1 Å². The monoisotopic (exact) mass is 221 g/mol. The average molecular weight is 222 g/mol. The highest BCUT2D eigenvalue weighted by Gasteiger charge is 2.14. The largest absolute Gasteiger partial charge is 0.478 e. The van der Waals surface area contributed by atoms with Gasteiger partial charge in [0.2, 0.25) is 0 Å². The summed E-state index contributed by atoms with van der Waals surface area (Å²) in [4.78, 5) is 15.2. The van der Waals surface area contributed by atoms with Crippen LogP contribution in [-0.4, -0.2) is 16.1 Å². The van der Waals surface area contributed by atoms with Crippen molar-refractivity contribution in [3.8, 4) is 0 Å². The van der Waals surface area contributed by atoms with E-state index in [0.29, 0.717) is 5.52 Å². The number of rotatable bonds is 1. The van der Waals surface area contributed by atoms with Crippen molar-refractivity contribution in [1.29, 1.82) is 0 Å². The number of fused-ring (bicyclic) bond motifs is 1. The van der Waals surface area contributed by atoms with Crippen molar-refractivity contribution in [3.63, 3.8) is 0 Å². The molecule has 1 N–H and O–H groups in total. The highest BCUT2D eigenvalue weighted by molar-refractivity contribution is 6.35. The Kier molecular flexibility index (Phi) is 2.32. The molecule has 1 heterocycles. The molecule has 1 aromatic heterocycles. The first-order chi connectivity index (χ1) is 7.09. The lowest BCUT2D eigenvalue weighted by Gasteiger charge is -2.04. The number of carbonyl (C=O) groups is 1. The quantitative estimate of drug-likeness (QED) is 0.806. The van der Waals surface area contributed by atoms with E-state index in [9.17, 15) is 4.79 Å². The zero-order chi connectivity index (χ0) is 11.0. The Morgan fingerprint density at radius 2 is 2.00 bits per heavy atom. The maximum Gasteiger partial charge on any atom is 0.339 e. The van der Waals surface area contributed by atoms with Gasteiger partial charge in [0.15, 0.2) is 0 Å². The van der Waals surface area contributed by atoms with E-state index in [2.05, 4.69) is 4.98 Å². The Morgan fingerprint density at radius 3 is 2.67 bits per heavy atom. The number of hydrogen-bond donors (Lipinski definition) is 1. The fraction of sp³-hybridized carbons (Fsp3) is 0.0909. The van der Waals surface area contributed by atoms with Gasteiger partial charge in [0.25, 0.3) is 0 Å². The van der Waals surface area contributed by atoms with Gasteiger partial charge in [-0.2, -0.15) is 0 Å². The highest BCUT2D eigenvalue weighted by atomic mass is 35.5. The molecule has 0 aliphatic carbocycles. The third kappa shape index (κ3) is 1.66. The standard InChI is InChI=1S/C11H8ClNO2/c1-6-2-3-7-4-5-8(12)9(11(14)15)10(7)13-6/h2-5H,1H3,(H,14,15). The molecule has 0 unspecified atom stereocenters. The van der Waals surface area contributed by atoms with Crippen LogP contribution in [-0.2, 0) is 0 Å². The van der Waals surface area contributed by atoms with Crippen molar-refractivity contribution in [2.45, 2.75) is 6.92 Å². The highest BCUT2D eigenvalue weighted by Crippen LogP contribution is 2.24. The van der Waals surface area contributed by atoms with Gasteiger partial charge in [-0.15, -0.1) is 0 Å². The maximum atomic E-state index is 11.0. The Balaban J connectivity index is 2.90. The molecular formula is C11H8ClNO2. The van der Waals surface area contributed by atoms with Gasteiger partial charge in [-0.3, -0.25) is 4.98 Å². The van der Waals surface area contributed by atoms with Crippen molar-refractivity contribution in [2.75, 3.05) is 0 Å².